The first-order valence-corrected chi connectivity index (χ1v) is 11.7. The largest absolute Gasteiger partial charge is 0.508 e. The lowest BCUT2D eigenvalue weighted by Gasteiger charge is -2.19. The number of benzene rings is 3. The first kappa shape index (κ1) is 26.5. The van der Waals surface area contributed by atoms with Crippen LogP contribution in [0.15, 0.2) is 65.8 Å². The molecule has 0 bridgehead atoms. The van der Waals surface area contributed by atoms with E-state index in [0.717, 1.165) is 22.3 Å². The Hall–Kier alpha value is -4.06. The molecule has 0 aromatic heterocycles. The molecule has 0 saturated heterocycles. The number of hydrogen-bond acceptors (Lipinski definition) is 6. The first-order valence-electron chi connectivity index (χ1n) is 11.7. The van der Waals surface area contributed by atoms with Crippen LogP contribution in [0.1, 0.15) is 33.3 Å². The number of rotatable bonds is 9. The van der Waals surface area contributed by atoms with Gasteiger partial charge in [0.1, 0.15) is 18.1 Å². The monoisotopic (exact) mass is 490 g/mol. The molecule has 190 valence electrons. The van der Waals surface area contributed by atoms with Crippen molar-refractivity contribution in [2.24, 2.45) is 0 Å². The van der Waals surface area contributed by atoms with E-state index in [-0.39, 0.29) is 23.0 Å². The Kier molecular flexibility index (Phi) is 8.54. The standard InChI is InChI=1S/C30H34O6/c1-18(2)7-8-21-15-20(9-11-24(21)31)23-17-27(34-5)28(29(33)30(23)35-6)22-10-12-26(25(32)16-22)36-14-13-19(3)4/h7,9-13,15-17,31-33H,8,14H2,1-6H3. The van der Waals surface area contributed by atoms with Gasteiger partial charge in [0.05, 0.1) is 19.8 Å². The molecule has 0 saturated carbocycles. The van der Waals surface area contributed by atoms with E-state index in [9.17, 15) is 15.3 Å². The van der Waals surface area contributed by atoms with Crippen LogP contribution < -0.4 is 14.2 Å². The van der Waals surface area contributed by atoms with Gasteiger partial charge in [-0.2, -0.15) is 0 Å². The fraction of sp³-hybridized carbons (Fsp3) is 0.267. The van der Waals surface area contributed by atoms with Crippen LogP contribution in [-0.2, 0) is 6.42 Å². The van der Waals surface area contributed by atoms with Crippen molar-refractivity contribution in [2.75, 3.05) is 20.8 Å². The summed E-state index contributed by atoms with van der Waals surface area (Å²) in [5.41, 5.74) is 5.31. The smallest absolute Gasteiger partial charge is 0.170 e. The second-order valence-corrected chi connectivity index (χ2v) is 8.99. The molecule has 6 heteroatoms. The highest BCUT2D eigenvalue weighted by Crippen LogP contribution is 2.50. The number of phenolic OH excluding ortho intramolecular Hbond substituents is 3. The molecule has 0 radical (unpaired) electrons. The lowest BCUT2D eigenvalue weighted by Crippen LogP contribution is -1.97. The fourth-order valence-corrected chi connectivity index (χ4v) is 3.81. The summed E-state index contributed by atoms with van der Waals surface area (Å²) in [4.78, 5) is 0. The Bertz CT molecular complexity index is 1300. The predicted octanol–water partition coefficient (Wildman–Crippen LogP) is 7.01. The minimum absolute atomic E-state index is 0.0541. The van der Waals surface area contributed by atoms with E-state index >= 15 is 0 Å². The van der Waals surface area contributed by atoms with Gasteiger partial charge in [-0.25, -0.2) is 0 Å². The topological polar surface area (TPSA) is 88.4 Å². The Morgan fingerprint density at radius 1 is 0.750 bits per heavy atom. The van der Waals surface area contributed by atoms with Gasteiger partial charge in [0.25, 0.3) is 0 Å². The molecule has 0 aliphatic rings. The van der Waals surface area contributed by atoms with E-state index < -0.39 is 0 Å². The highest BCUT2D eigenvalue weighted by atomic mass is 16.5. The molecule has 0 spiro atoms. The summed E-state index contributed by atoms with van der Waals surface area (Å²) < 4.78 is 16.9. The van der Waals surface area contributed by atoms with Gasteiger partial charge in [-0.3, -0.25) is 0 Å². The van der Waals surface area contributed by atoms with Gasteiger partial charge in [-0.15, -0.1) is 0 Å². The van der Waals surface area contributed by atoms with Crippen LogP contribution in [0.5, 0.6) is 34.5 Å². The number of phenols is 3. The zero-order chi connectivity index (χ0) is 26.4. The molecule has 0 heterocycles. The van der Waals surface area contributed by atoms with Crippen LogP contribution in [0, 0.1) is 0 Å². The zero-order valence-corrected chi connectivity index (χ0v) is 21.7. The van der Waals surface area contributed by atoms with Crippen molar-refractivity contribution < 1.29 is 29.5 Å². The van der Waals surface area contributed by atoms with Crippen molar-refractivity contribution in [1.29, 1.82) is 0 Å². The maximum atomic E-state index is 11.3. The van der Waals surface area contributed by atoms with Gasteiger partial charge in [-0.05, 0) is 87.2 Å². The van der Waals surface area contributed by atoms with Gasteiger partial charge in [0, 0.05) is 5.56 Å². The Balaban J connectivity index is 2.09. The normalized spacial score (nSPS) is 10.5. The second kappa shape index (κ2) is 11.6. The summed E-state index contributed by atoms with van der Waals surface area (Å²) in [5.74, 6) is 1.02. The average molecular weight is 491 g/mol. The molecule has 0 aliphatic carbocycles. The van der Waals surface area contributed by atoms with Gasteiger partial charge < -0.3 is 29.5 Å². The number of ether oxygens (including phenoxy) is 3. The third-order valence-corrected chi connectivity index (χ3v) is 5.74. The van der Waals surface area contributed by atoms with Crippen molar-refractivity contribution in [1.82, 2.24) is 0 Å². The number of allylic oxidation sites excluding steroid dienone is 3. The molecule has 36 heavy (non-hydrogen) atoms. The molecule has 0 fully saturated rings. The maximum Gasteiger partial charge on any atom is 0.170 e. The van der Waals surface area contributed by atoms with E-state index in [1.54, 1.807) is 30.3 Å². The van der Waals surface area contributed by atoms with Crippen LogP contribution >= 0.6 is 0 Å². The molecule has 3 N–H and O–H groups in total. The van der Waals surface area contributed by atoms with Crippen molar-refractivity contribution in [3.63, 3.8) is 0 Å². The van der Waals surface area contributed by atoms with Crippen LogP contribution in [0.25, 0.3) is 22.3 Å². The number of methoxy groups -OCH3 is 2. The van der Waals surface area contributed by atoms with Gasteiger partial charge in [0.2, 0.25) is 0 Å². The molecular formula is C30H34O6. The summed E-state index contributed by atoms with van der Waals surface area (Å²) in [6.07, 6.45) is 4.53. The summed E-state index contributed by atoms with van der Waals surface area (Å²) in [5, 5.41) is 32.2. The predicted molar refractivity (Wildman–Crippen MR) is 143 cm³/mol. The average Bonchev–Trinajstić information content (AvgIpc) is 2.83. The Labute approximate surface area is 212 Å². The Morgan fingerprint density at radius 3 is 2.06 bits per heavy atom. The molecule has 0 aliphatic heterocycles. The van der Waals surface area contributed by atoms with Crippen LogP contribution in [0.3, 0.4) is 0 Å². The fourth-order valence-electron chi connectivity index (χ4n) is 3.81. The minimum atomic E-state index is -0.122. The molecule has 0 atom stereocenters. The third kappa shape index (κ3) is 5.95. The minimum Gasteiger partial charge on any atom is -0.508 e. The van der Waals surface area contributed by atoms with Crippen molar-refractivity contribution in [3.05, 3.63) is 71.3 Å². The molecule has 3 aromatic carbocycles. The molecule has 0 amide bonds. The lowest BCUT2D eigenvalue weighted by molar-refractivity contribution is 0.335. The van der Waals surface area contributed by atoms with Crippen molar-refractivity contribution in [2.45, 2.75) is 34.1 Å². The van der Waals surface area contributed by atoms with Crippen LogP contribution in [-0.4, -0.2) is 36.1 Å². The SMILES string of the molecule is COc1cc(-c2ccc(O)c(CC=C(C)C)c2)c(OC)c(O)c1-c1ccc(OCC=C(C)C)c(O)c1. The second-order valence-electron chi connectivity index (χ2n) is 8.99. The molecular weight excluding hydrogens is 456 g/mol. The van der Waals surface area contributed by atoms with E-state index in [4.69, 9.17) is 14.2 Å². The van der Waals surface area contributed by atoms with Gasteiger partial charge in [0.15, 0.2) is 23.0 Å². The molecule has 0 unspecified atom stereocenters. The van der Waals surface area contributed by atoms with Crippen LogP contribution in [0.4, 0.5) is 0 Å². The number of aromatic hydroxyl groups is 3. The highest BCUT2D eigenvalue weighted by molar-refractivity contribution is 5.88. The molecule has 3 rings (SSSR count). The quantitative estimate of drug-likeness (QED) is 0.280. The summed E-state index contributed by atoms with van der Waals surface area (Å²) in [6.45, 7) is 8.30. The molecule has 6 nitrogen and oxygen atoms in total. The van der Waals surface area contributed by atoms with E-state index in [0.29, 0.717) is 41.2 Å². The molecule has 3 aromatic rings. The van der Waals surface area contributed by atoms with Gasteiger partial charge >= 0.3 is 0 Å². The van der Waals surface area contributed by atoms with Crippen LogP contribution in [0.2, 0.25) is 0 Å². The highest BCUT2D eigenvalue weighted by Gasteiger charge is 2.23. The lowest BCUT2D eigenvalue weighted by atomic mass is 9.94. The third-order valence-electron chi connectivity index (χ3n) is 5.74. The summed E-state index contributed by atoms with van der Waals surface area (Å²) in [7, 11) is 3.00. The van der Waals surface area contributed by atoms with E-state index in [2.05, 4.69) is 0 Å². The Morgan fingerprint density at radius 2 is 1.44 bits per heavy atom. The number of hydrogen-bond donors (Lipinski definition) is 3. The summed E-state index contributed by atoms with van der Waals surface area (Å²) >= 11 is 0. The summed E-state index contributed by atoms with van der Waals surface area (Å²) in [6, 6.07) is 12.0. The first-order chi connectivity index (χ1) is 17.2. The van der Waals surface area contributed by atoms with E-state index in [1.807, 2.05) is 45.9 Å². The van der Waals surface area contributed by atoms with Crippen molar-refractivity contribution >= 4 is 0 Å². The van der Waals surface area contributed by atoms with E-state index in [1.165, 1.54) is 20.3 Å². The van der Waals surface area contributed by atoms with Gasteiger partial charge in [-0.1, -0.05) is 29.4 Å². The van der Waals surface area contributed by atoms with Crippen molar-refractivity contribution in [3.8, 4) is 56.8 Å². The zero-order valence-electron chi connectivity index (χ0n) is 21.7. The maximum absolute atomic E-state index is 11.3.